The molecule has 0 aliphatic carbocycles. The van der Waals surface area contributed by atoms with Gasteiger partial charge in [0.2, 0.25) is 5.91 Å². The normalized spacial score (nSPS) is 18.2. The first-order valence-electron chi connectivity index (χ1n) is 33.3. The molecule has 6 amide bonds. The van der Waals surface area contributed by atoms with Gasteiger partial charge in [-0.05, 0) is 105 Å². The Labute approximate surface area is 571 Å². The lowest BCUT2D eigenvalue weighted by molar-refractivity contribution is -0.126. The van der Waals surface area contributed by atoms with E-state index in [-0.39, 0.29) is 93.1 Å². The molecule has 3 aliphatic heterocycles. The number of hydrogen-bond donors (Lipinski definition) is 4. The number of urea groups is 1. The number of benzene rings is 5. The predicted octanol–water partition coefficient (Wildman–Crippen LogP) is 11.1. The highest BCUT2D eigenvalue weighted by molar-refractivity contribution is 7.09. The number of carbonyl (C=O) groups excluding carboxylic acids is 6. The molecule has 0 radical (unpaired) electrons. The molecule has 0 unspecified atom stereocenters. The van der Waals surface area contributed by atoms with Gasteiger partial charge in [0.05, 0.1) is 52.7 Å². The van der Waals surface area contributed by atoms with E-state index >= 15 is 0 Å². The van der Waals surface area contributed by atoms with Crippen molar-refractivity contribution in [3.8, 4) is 0 Å². The van der Waals surface area contributed by atoms with Crippen molar-refractivity contribution in [2.75, 3.05) is 46.4 Å². The smallest absolute Gasteiger partial charge is 0.410 e. The van der Waals surface area contributed by atoms with Gasteiger partial charge in [-0.3, -0.25) is 29.4 Å². The maximum Gasteiger partial charge on any atom is 0.410 e. The third-order valence-corrected chi connectivity index (χ3v) is 19.3. The number of carbonyl (C=O) groups is 6. The van der Waals surface area contributed by atoms with Crippen molar-refractivity contribution >= 4 is 58.7 Å². The van der Waals surface area contributed by atoms with Crippen molar-refractivity contribution in [2.24, 2.45) is 5.92 Å². The van der Waals surface area contributed by atoms with E-state index < -0.39 is 36.5 Å². The minimum absolute atomic E-state index is 0.00666. The summed E-state index contributed by atoms with van der Waals surface area (Å²) in [4.78, 5) is 97.6. The number of alkyl carbamates (subject to hydrolysis) is 2. The van der Waals surface area contributed by atoms with Crippen LogP contribution >= 0.6 is 22.7 Å². The zero-order valence-electron chi connectivity index (χ0n) is 55.1. The average molecular weight is 1350 g/mol. The van der Waals surface area contributed by atoms with Crippen LogP contribution in [0.25, 0.3) is 0 Å². The standard InChI is InChI=1S/C37H50N6O5S.C37H41N3O6S/c1-27(2)41(3)37(46)43-24-32(42-16-18-47-19-17-42)22-34(43)35(44)39-30(20-28-10-6-4-7-11-28)14-15-31(21-29-12-8-5-9-13-29)40-36(45)48-25-33-23-38-26-49-33;41-32-21-34(40(23-32)37(44)46-24-29-14-8-3-9-15-29)35(42)20-30(18-27-10-4-1-5-11-27)16-17-31(19-28-12-6-2-7-13-28)39-36(43)45-25-33-22-38-26-47-33/h4-13,23,26-27,30-32,34H,14-22,24-25H2,1-3H3,(H,39,44)(H,40,45);1-15,22,26,30-32,34,41H,16-21,23-25H2,(H,39,43)/t30-,31-,32+,34+;30-,31-,32-,34+/m11/s1. The first-order chi connectivity index (χ1) is 46.7. The van der Waals surface area contributed by atoms with Gasteiger partial charge in [-0.15, -0.1) is 22.7 Å². The van der Waals surface area contributed by atoms with E-state index in [4.69, 9.17) is 18.9 Å². The number of likely N-dealkylation sites (tertiary alicyclic amines) is 2. The Hall–Kier alpha value is -8.54. The van der Waals surface area contributed by atoms with Crippen molar-refractivity contribution in [1.82, 2.24) is 45.5 Å². The van der Waals surface area contributed by atoms with E-state index in [0.29, 0.717) is 77.5 Å². The van der Waals surface area contributed by atoms with Gasteiger partial charge in [0, 0.05) is 82.1 Å². The maximum absolute atomic E-state index is 14.2. The van der Waals surface area contributed by atoms with Crippen molar-refractivity contribution in [1.29, 1.82) is 0 Å². The molecule has 8 atom stereocenters. The highest BCUT2D eigenvalue weighted by atomic mass is 32.1. The van der Waals surface area contributed by atoms with Gasteiger partial charge in [0.15, 0.2) is 5.78 Å². The number of thiazole rings is 2. The third-order valence-electron chi connectivity index (χ3n) is 17.8. The van der Waals surface area contributed by atoms with Crippen molar-refractivity contribution in [3.05, 3.63) is 213 Å². The molecule has 7 aromatic rings. The number of aromatic nitrogens is 2. The number of rotatable bonds is 29. The summed E-state index contributed by atoms with van der Waals surface area (Å²) in [5.41, 5.74) is 8.65. The van der Waals surface area contributed by atoms with Crippen LogP contribution in [0.15, 0.2) is 175 Å². The van der Waals surface area contributed by atoms with Crippen LogP contribution in [0.3, 0.4) is 0 Å². The molecule has 0 bridgehead atoms. The molecular formula is C74H91N9O11S2. The van der Waals surface area contributed by atoms with Crippen molar-refractivity contribution in [3.63, 3.8) is 0 Å². The number of amides is 6. The molecule has 10 rings (SSSR count). The summed E-state index contributed by atoms with van der Waals surface area (Å²) in [6, 6.07) is 47.4. The lowest BCUT2D eigenvalue weighted by Crippen LogP contribution is -2.53. The number of β-amino-alcohol motifs (C(OH)–C–C–N with tert-alkyl or cyclic N) is 1. The van der Waals surface area contributed by atoms with Crippen LogP contribution in [0.1, 0.15) is 96.4 Å². The molecule has 5 heterocycles. The Morgan fingerprint density at radius 3 is 1.49 bits per heavy atom. The number of aliphatic hydroxyl groups excluding tert-OH is 1. The van der Waals surface area contributed by atoms with Crippen LogP contribution < -0.4 is 16.0 Å². The van der Waals surface area contributed by atoms with Crippen LogP contribution in [0.2, 0.25) is 0 Å². The SMILES string of the molecule is CC(C)N(C)C(=O)N1C[C@@H](N2CCOCC2)C[C@H]1C(=O)N[C@H](CC[C@H](Cc1ccccc1)NC(=O)OCc1cncs1)Cc1ccccc1.O=C(N[C@H](CC[C@@H](CC(=O)[C@@H]1C[C@@H](O)CN1C(=O)OCc1ccccc1)Cc1ccccc1)Cc1ccccc1)OCc1cncs1. The summed E-state index contributed by atoms with van der Waals surface area (Å²) in [5.74, 6) is -0.299. The van der Waals surface area contributed by atoms with Crippen LogP contribution in [-0.4, -0.2) is 166 Å². The second-order valence-electron chi connectivity index (χ2n) is 25.2. The zero-order chi connectivity index (χ0) is 67.4. The van der Waals surface area contributed by atoms with Gasteiger partial charge < -0.3 is 49.8 Å². The highest BCUT2D eigenvalue weighted by Crippen LogP contribution is 2.29. The lowest BCUT2D eigenvalue weighted by atomic mass is 9.86. The summed E-state index contributed by atoms with van der Waals surface area (Å²) >= 11 is 2.86. The number of hydrogen-bond acceptors (Lipinski definition) is 16. The summed E-state index contributed by atoms with van der Waals surface area (Å²) in [5, 5.41) is 20.0. The summed E-state index contributed by atoms with van der Waals surface area (Å²) in [6.45, 7) is 7.82. The van der Waals surface area contributed by atoms with Crippen molar-refractivity contribution < 1.29 is 52.8 Å². The Morgan fingerprint density at radius 1 is 0.562 bits per heavy atom. The number of morpholine rings is 1. The number of ether oxygens (including phenoxy) is 4. The molecule has 3 fully saturated rings. The molecule has 2 aromatic heterocycles. The molecule has 96 heavy (non-hydrogen) atoms. The van der Waals surface area contributed by atoms with Crippen LogP contribution in [0.4, 0.5) is 19.2 Å². The predicted molar refractivity (Wildman–Crippen MR) is 370 cm³/mol. The number of Topliss-reactive ketones (excluding diaryl/α,β-unsaturated/α-hetero) is 1. The van der Waals surface area contributed by atoms with Gasteiger partial charge in [0.25, 0.3) is 0 Å². The Kier molecular flexibility index (Phi) is 28.2. The van der Waals surface area contributed by atoms with Crippen molar-refractivity contribution in [2.45, 2.75) is 153 Å². The molecule has 510 valence electrons. The minimum Gasteiger partial charge on any atom is -0.445 e. The van der Waals surface area contributed by atoms with E-state index in [1.165, 1.54) is 27.6 Å². The largest absolute Gasteiger partial charge is 0.445 e. The molecule has 3 aliphatic rings. The molecule has 4 N–H and O–H groups in total. The number of nitrogens with one attached hydrogen (secondary N) is 3. The van der Waals surface area contributed by atoms with Gasteiger partial charge in [-0.1, -0.05) is 152 Å². The fourth-order valence-electron chi connectivity index (χ4n) is 12.5. The average Bonchev–Trinajstić information content (AvgIpc) is 1.66. The molecule has 22 heteroatoms. The Balaban J connectivity index is 0.000000226. The number of ketones is 1. The Bertz CT molecular complexity index is 3450. The Morgan fingerprint density at radius 2 is 1.02 bits per heavy atom. The molecule has 3 saturated heterocycles. The first-order valence-corrected chi connectivity index (χ1v) is 35.1. The fraction of sp³-hybridized carbons (Fsp3) is 0.432. The van der Waals surface area contributed by atoms with Crippen LogP contribution in [0.5, 0.6) is 0 Å². The molecular weight excluding hydrogens is 1250 g/mol. The number of aliphatic hydroxyl groups is 1. The topological polar surface area (TPSA) is 234 Å². The summed E-state index contributed by atoms with van der Waals surface area (Å²) in [6.07, 6.45) is 6.99. The third kappa shape index (κ3) is 23.1. The summed E-state index contributed by atoms with van der Waals surface area (Å²) < 4.78 is 22.1. The van der Waals surface area contributed by atoms with Gasteiger partial charge in [-0.25, -0.2) is 19.2 Å². The first kappa shape index (κ1) is 71.7. The molecule has 20 nitrogen and oxygen atoms in total. The van der Waals surface area contributed by atoms with Crippen LogP contribution in [0, 0.1) is 5.92 Å². The van der Waals surface area contributed by atoms with Crippen LogP contribution in [-0.2, 0) is 74.0 Å². The van der Waals surface area contributed by atoms with Gasteiger partial charge in [0.1, 0.15) is 25.9 Å². The van der Waals surface area contributed by atoms with Gasteiger partial charge >= 0.3 is 24.3 Å². The molecule has 5 aromatic carbocycles. The fourth-order valence-corrected chi connectivity index (χ4v) is 13.5. The van der Waals surface area contributed by atoms with E-state index in [1.54, 1.807) is 40.3 Å². The molecule has 0 spiro atoms. The van der Waals surface area contributed by atoms with E-state index in [0.717, 1.165) is 50.7 Å². The molecule has 0 saturated carbocycles. The van der Waals surface area contributed by atoms with E-state index in [1.807, 2.05) is 153 Å². The number of nitrogens with zero attached hydrogens (tertiary/aromatic N) is 6. The zero-order valence-corrected chi connectivity index (χ0v) is 56.7. The lowest BCUT2D eigenvalue weighted by Gasteiger charge is -2.33. The minimum atomic E-state index is -0.795. The second kappa shape index (κ2) is 37.7. The monoisotopic (exact) mass is 1350 g/mol. The van der Waals surface area contributed by atoms with Gasteiger partial charge in [-0.2, -0.15) is 0 Å². The highest BCUT2D eigenvalue weighted by Gasteiger charge is 2.44. The quantitative estimate of drug-likeness (QED) is 0.0319. The van der Waals surface area contributed by atoms with E-state index in [2.05, 4.69) is 43.0 Å². The van der Waals surface area contributed by atoms with E-state index in [9.17, 15) is 33.9 Å². The second-order valence-corrected chi connectivity index (χ2v) is 27.2. The summed E-state index contributed by atoms with van der Waals surface area (Å²) in [7, 11) is 1.80. The maximum atomic E-state index is 14.2.